The standard InChI is InChI=1S/C25H28ClFN2O4/c1-5-33-22-10-9-17(11-23(22)32-4)12-28-13-18-15(2)29(16(3)24(18)25(30)31)14-19-20(26)7-6-8-21(19)27/h6-11,28H,5,12-14H2,1-4H3,(H,30,31)/p-1. The molecule has 1 aromatic heterocycles. The van der Waals surface area contributed by atoms with Crippen LogP contribution in [0.25, 0.3) is 0 Å². The highest BCUT2D eigenvalue weighted by molar-refractivity contribution is 6.31. The van der Waals surface area contributed by atoms with Crippen LogP contribution in [0.3, 0.4) is 0 Å². The zero-order valence-corrected chi connectivity index (χ0v) is 19.9. The second-order valence-electron chi connectivity index (χ2n) is 7.62. The van der Waals surface area contributed by atoms with Gasteiger partial charge in [-0.1, -0.05) is 23.7 Å². The third kappa shape index (κ3) is 5.31. The fourth-order valence-corrected chi connectivity index (χ4v) is 4.17. The molecule has 0 amide bonds. The summed E-state index contributed by atoms with van der Waals surface area (Å²) in [6, 6.07) is 10.1. The lowest BCUT2D eigenvalue weighted by molar-refractivity contribution is -0.255. The van der Waals surface area contributed by atoms with Crippen LogP contribution < -0.4 is 19.9 Å². The van der Waals surface area contributed by atoms with Crippen molar-refractivity contribution in [3.8, 4) is 11.5 Å². The van der Waals surface area contributed by atoms with Gasteiger partial charge >= 0.3 is 0 Å². The van der Waals surface area contributed by atoms with Crippen molar-refractivity contribution in [1.82, 2.24) is 9.88 Å². The van der Waals surface area contributed by atoms with Crippen LogP contribution in [0.15, 0.2) is 36.4 Å². The molecule has 0 aliphatic heterocycles. The quantitative estimate of drug-likeness (QED) is 0.481. The summed E-state index contributed by atoms with van der Waals surface area (Å²) in [6.07, 6.45) is 0. The van der Waals surface area contributed by atoms with Crippen molar-refractivity contribution in [2.45, 2.75) is 40.4 Å². The number of hydrogen-bond acceptors (Lipinski definition) is 5. The number of carboxylic acid groups (broad SMARTS) is 1. The Morgan fingerprint density at radius 1 is 1.12 bits per heavy atom. The van der Waals surface area contributed by atoms with E-state index in [-0.39, 0.29) is 12.1 Å². The predicted octanol–water partition coefficient (Wildman–Crippen LogP) is 4.01. The number of halogens is 2. The van der Waals surface area contributed by atoms with Gasteiger partial charge in [0.15, 0.2) is 11.5 Å². The van der Waals surface area contributed by atoms with E-state index in [4.69, 9.17) is 21.1 Å². The maximum Gasteiger partial charge on any atom is 0.161 e. The lowest BCUT2D eigenvalue weighted by atomic mass is 10.1. The Morgan fingerprint density at radius 3 is 2.52 bits per heavy atom. The van der Waals surface area contributed by atoms with Gasteiger partial charge in [-0.3, -0.25) is 0 Å². The van der Waals surface area contributed by atoms with Crippen molar-refractivity contribution >= 4 is 17.6 Å². The van der Waals surface area contributed by atoms with Gasteiger partial charge in [0.05, 0.1) is 26.2 Å². The van der Waals surface area contributed by atoms with E-state index in [2.05, 4.69) is 5.32 Å². The van der Waals surface area contributed by atoms with Crippen LogP contribution in [-0.4, -0.2) is 24.3 Å². The van der Waals surface area contributed by atoms with Gasteiger partial charge in [-0.15, -0.1) is 0 Å². The third-order valence-electron chi connectivity index (χ3n) is 5.65. The highest BCUT2D eigenvalue weighted by Crippen LogP contribution is 2.29. The Kier molecular flexibility index (Phi) is 8.00. The fraction of sp³-hybridized carbons (Fsp3) is 0.320. The summed E-state index contributed by atoms with van der Waals surface area (Å²) in [5.41, 5.74) is 3.17. The molecule has 0 saturated carbocycles. The molecule has 0 unspecified atom stereocenters. The number of aromatic carboxylic acids is 1. The molecular weight excluding hydrogens is 447 g/mol. The summed E-state index contributed by atoms with van der Waals surface area (Å²) in [5.74, 6) is -0.410. The first kappa shape index (κ1) is 24.6. The molecule has 0 radical (unpaired) electrons. The maximum atomic E-state index is 14.3. The van der Waals surface area contributed by atoms with Gasteiger partial charge < -0.3 is 29.3 Å². The van der Waals surface area contributed by atoms with Gasteiger partial charge in [0.25, 0.3) is 0 Å². The highest BCUT2D eigenvalue weighted by atomic mass is 35.5. The second-order valence-corrected chi connectivity index (χ2v) is 8.03. The highest BCUT2D eigenvalue weighted by Gasteiger charge is 2.20. The molecule has 0 aliphatic rings. The number of methoxy groups -OCH3 is 1. The molecule has 2 aromatic carbocycles. The van der Waals surface area contributed by atoms with E-state index >= 15 is 0 Å². The van der Waals surface area contributed by atoms with Gasteiger partial charge in [-0.25, -0.2) is 4.39 Å². The van der Waals surface area contributed by atoms with Gasteiger partial charge in [0, 0.05) is 40.6 Å². The molecule has 1 N–H and O–H groups in total. The first-order valence-corrected chi connectivity index (χ1v) is 11.0. The van der Waals surface area contributed by atoms with E-state index in [0.717, 1.165) is 5.56 Å². The van der Waals surface area contributed by atoms with Crippen LogP contribution in [0.5, 0.6) is 11.5 Å². The van der Waals surface area contributed by atoms with Gasteiger partial charge in [-0.2, -0.15) is 0 Å². The first-order chi connectivity index (χ1) is 15.8. The summed E-state index contributed by atoms with van der Waals surface area (Å²) in [5, 5.41) is 15.5. The third-order valence-corrected chi connectivity index (χ3v) is 6.00. The Hall–Kier alpha value is -3.03. The Balaban J connectivity index is 1.83. The normalized spacial score (nSPS) is 11.0. The number of aromatic nitrogens is 1. The molecule has 1 heterocycles. The molecule has 0 aliphatic carbocycles. The Morgan fingerprint density at radius 2 is 1.88 bits per heavy atom. The van der Waals surface area contributed by atoms with Gasteiger partial charge in [0.2, 0.25) is 0 Å². The van der Waals surface area contributed by atoms with Crippen LogP contribution >= 0.6 is 11.6 Å². The predicted molar refractivity (Wildman–Crippen MR) is 123 cm³/mol. The largest absolute Gasteiger partial charge is 0.545 e. The van der Waals surface area contributed by atoms with E-state index in [9.17, 15) is 14.3 Å². The molecule has 0 fully saturated rings. The molecule has 0 saturated heterocycles. The summed E-state index contributed by atoms with van der Waals surface area (Å²) < 4.78 is 27.0. The Bertz CT molecular complexity index is 1140. The average molecular weight is 474 g/mol. The van der Waals surface area contributed by atoms with Crippen LogP contribution in [0, 0.1) is 19.7 Å². The van der Waals surface area contributed by atoms with Crippen molar-refractivity contribution in [3.63, 3.8) is 0 Å². The minimum Gasteiger partial charge on any atom is -0.545 e. The minimum absolute atomic E-state index is 0.108. The van der Waals surface area contributed by atoms with Gasteiger partial charge in [-0.05, 0) is 56.2 Å². The van der Waals surface area contributed by atoms with E-state index in [0.29, 0.717) is 58.7 Å². The van der Waals surface area contributed by atoms with E-state index in [1.54, 1.807) is 24.7 Å². The maximum absolute atomic E-state index is 14.3. The van der Waals surface area contributed by atoms with Crippen molar-refractivity contribution < 1.29 is 23.8 Å². The number of ether oxygens (including phenoxy) is 2. The SMILES string of the molecule is CCOc1ccc(CNCc2c(C(=O)[O-])c(C)n(Cc3c(F)cccc3Cl)c2C)cc1OC. The van der Waals surface area contributed by atoms with Crippen LogP contribution in [0.4, 0.5) is 4.39 Å². The van der Waals surface area contributed by atoms with Crippen molar-refractivity contribution in [1.29, 1.82) is 0 Å². The molecule has 0 bridgehead atoms. The average Bonchev–Trinajstić information content (AvgIpc) is 3.01. The summed E-state index contributed by atoms with van der Waals surface area (Å²) in [7, 11) is 1.58. The van der Waals surface area contributed by atoms with Crippen molar-refractivity contribution in [3.05, 3.63) is 80.9 Å². The number of nitrogens with one attached hydrogen (secondary N) is 1. The van der Waals surface area contributed by atoms with Crippen LogP contribution in [0.2, 0.25) is 5.02 Å². The molecular formula is C25H27ClFN2O4-. The molecule has 176 valence electrons. The number of hydrogen-bond donors (Lipinski definition) is 1. The first-order valence-electron chi connectivity index (χ1n) is 10.6. The lowest BCUT2D eigenvalue weighted by Crippen LogP contribution is -2.25. The molecule has 0 atom stereocenters. The number of carboxylic acids is 1. The molecule has 3 aromatic rings. The zero-order chi connectivity index (χ0) is 24.1. The lowest BCUT2D eigenvalue weighted by Gasteiger charge is -2.13. The van der Waals surface area contributed by atoms with Crippen LogP contribution in [0.1, 0.15) is 45.4 Å². The number of carbonyl (C=O) groups is 1. The molecule has 8 heteroatoms. The van der Waals surface area contributed by atoms with Gasteiger partial charge in [0.1, 0.15) is 5.82 Å². The molecule has 0 spiro atoms. The van der Waals surface area contributed by atoms with Crippen molar-refractivity contribution in [2.75, 3.05) is 13.7 Å². The number of benzene rings is 2. The van der Waals surface area contributed by atoms with Crippen LogP contribution in [-0.2, 0) is 19.6 Å². The topological polar surface area (TPSA) is 75.5 Å². The Labute approximate surface area is 197 Å². The zero-order valence-electron chi connectivity index (χ0n) is 19.1. The second kappa shape index (κ2) is 10.7. The summed E-state index contributed by atoms with van der Waals surface area (Å²) >= 11 is 6.19. The molecule has 3 rings (SSSR count). The van der Waals surface area contributed by atoms with E-state index in [1.807, 2.05) is 32.0 Å². The number of nitrogens with zero attached hydrogens (tertiary/aromatic N) is 1. The van der Waals surface area contributed by atoms with E-state index < -0.39 is 11.8 Å². The van der Waals surface area contributed by atoms with E-state index in [1.165, 1.54) is 12.1 Å². The fourth-order valence-electron chi connectivity index (χ4n) is 3.94. The molecule has 6 nitrogen and oxygen atoms in total. The molecule has 33 heavy (non-hydrogen) atoms. The monoisotopic (exact) mass is 473 g/mol. The number of rotatable bonds is 10. The summed E-state index contributed by atoms with van der Waals surface area (Å²) in [4.78, 5) is 11.9. The minimum atomic E-state index is -1.27. The van der Waals surface area contributed by atoms with Crippen molar-refractivity contribution in [2.24, 2.45) is 0 Å². The number of carbonyl (C=O) groups excluding carboxylic acids is 1. The summed E-state index contributed by atoms with van der Waals surface area (Å²) in [6.45, 7) is 6.84. The smallest absolute Gasteiger partial charge is 0.161 e.